The van der Waals surface area contributed by atoms with Crippen LogP contribution < -0.4 is 10.6 Å². The van der Waals surface area contributed by atoms with Gasteiger partial charge < -0.3 is 0 Å². The molecule has 0 amide bonds. The minimum atomic E-state index is -2.36. The molecule has 2 heteroatoms. The van der Waals surface area contributed by atoms with E-state index in [0.717, 1.165) is 12.3 Å². The van der Waals surface area contributed by atoms with Crippen LogP contribution in [-0.2, 0) is 0 Å². The minimum absolute atomic E-state index is 0.969. The Bertz CT molecular complexity index is 534. The van der Waals surface area contributed by atoms with Crippen LogP contribution in [0.25, 0.3) is 0 Å². The molecule has 0 saturated carbocycles. The first-order valence-electron chi connectivity index (χ1n) is 6.79. The molecule has 1 unspecified atom stereocenters. The zero-order valence-corrected chi connectivity index (χ0v) is 13.8. The van der Waals surface area contributed by atoms with Gasteiger partial charge in [0.1, 0.15) is 0 Å². The molecule has 1 atom stereocenters. The Morgan fingerprint density at radius 2 is 1.10 bits per heavy atom. The molecule has 0 fully saturated rings. The topological polar surface area (TPSA) is 0 Å². The zero-order chi connectivity index (χ0) is 14.5. The third-order valence-corrected chi connectivity index (χ3v) is 12.3. The van der Waals surface area contributed by atoms with Gasteiger partial charge in [-0.2, -0.15) is 0 Å². The fourth-order valence-corrected chi connectivity index (χ4v) is 9.06. The first kappa shape index (κ1) is 15.2. The van der Waals surface area contributed by atoms with E-state index in [4.69, 9.17) is 0 Å². The average molecular weight is 300 g/mol. The van der Waals surface area contributed by atoms with Crippen LogP contribution in [-0.4, -0.2) is 12.3 Å². The van der Waals surface area contributed by atoms with Gasteiger partial charge >= 0.3 is 124 Å². The molecule has 0 bridgehead atoms. The van der Waals surface area contributed by atoms with Crippen molar-refractivity contribution in [2.45, 2.75) is 0 Å². The van der Waals surface area contributed by atoms with Gasteiger partial charge in [-0.15, -0.1) is 0 Å². The molecule has 2 aromatic rings. The molecule has 2 rings (SSSR count). The van der Waals surface area contributed by atoms with Crippen LogP contribution in [0.1, 0.15) is 0 Å². The molecule has 0 aliphatic rings. The maximum absolute atomic E-state index is 4.01. The second-order valence-corrected chi connectivity index (χ2v) is 13.9. The van der Waals surface area contributed by atoms with Gasteiger partial charge in [-0.25, -0.2) is 0 Å². The first-order chi connectivity index (χ1) is 9.64. The van der Waals surface area contributed by atoms with Crippen molar-refractivity contribution < 1.29 is 0 Å². The summed E-state index contributed by atoms with van der Waals surface area (Å²) in [6, 6.07) is 21.6. The fraction of sp³-hybridized carbons (Fsp3) is 0.111. The van der Waals surface area contributed by atoms with Gasteiger partial charge in [0.15, 0.2) is 0 Å². The van der Waals surface area contributed by atoms with Crippen molar-refractivity contribution in [2.75, 3.05) is 12.3 Å². The van der Waals surface area contributed by atoms with Crippen LogP contribution in [0.5, 0.6) is 0 Å². The molecule has 104 valence electrons. The van der Waals surface area contributed by atoms with E-state index < -0.39 is 6.29 Å². The Balaban J connectivity index is 2.76. The second-order valence-electron chi connectivity index (χ2n) is 5.20. The molecule has 0 spiro atoms. The summed E-state index contributed by atoms with van der Waals surface area (Å²) in [5, 5.41) is 2.80. The van der Waals surface area contributed by atoms with Crippen molar-refractivity contribution in [3.05, 3.63) is 86.0 Å². The average Bonchev–Trinajstić information content (AvgIpc) is 2.50. The first-order valence-corrected chi connectivity index (χ1v) is 11.0. The summed E-state index contributed by atoms with van der Waals surface area (Å²) in [5.74, 6) is 0. The second kappa shape index (κ2) is 6.04. The van der Waals surface area contributed by atoms with Crippen molar-refractivity contribution in [3.63, 3.8) is 0 Å². The van der Waals surface area contributed by atoms with E-state index in [0.29, 0.717) is 0 Å². The summed E-state index contributed by atoms with van der Waals surface area (Å²) in [5.41, 5.74) is 0. The number of hydrogen-bond acceptors (Lipinski definition) is 0. The van der Waals surface area contributed by atoms with Gasteiger partial charge in [-0.1, -0.05) is 0 Å². The summed E-state index contributed by atoms with van der Waals surface area (Å²) < 4.78 is 0. The fourth-order valence-electron chi connectivity index (χ4n) is 2.83. The summed E-state index contributed by atoms with van der Waals surface area (Å²) in [7, 11) is 3.23. The van der Waals surface area contributed by atoms with Crippen LogP contribution >= 0.6 is 15.2 Å². The van der Waals surface area contributed by atoms with Gasteiger partial charge in [0.05, 0.1) is 0 Å². The van der Waals surface area contributed by atoms with Crippen LogP contribution in [0, 0.1) is 0 Å². The molecular weight excluding hydrogens is 278 g/mol. The van der Waals surface area contributed by atoms with Gasteiger partial charge in [0, 0.05) is 0 Å². The zero-order valence-electron chi connectivity index (χ0n) is 11.8. The van der Waals surface area contributed by atoms with Crippen LogP contribution in [0.4, 0.5) is 0 Å². The van der Waals surface area contributed by atoms with Gasteiger partial charge in [-0.3, -0.25) is 0 Å². The standard InChI is InChI=1S/C18H22P2/c1-3-15-20(19,16-4-2,17-11-7-5-8-12-17)18-13-9-6-10-14-18/h3-14H,1-2,15-16,19H2. The van der Waals surface area contributed by atoms with E-state index >= 15 is 0 Å². The molecule has 0 radical (unpaired) electrons. The van der Waals surface area contributed by atoms with Crippen LogP contribution in [0.15, 0.2) is 86.0 Å². The predicted molar refractivity (Wildman–Crippen MR) is 98.9 cm³/mol. The van der Waals surface area contributed by atoms with Gasteiger partial charge in [-0.05, 0) is 0 Å². The molecule has 0 N–H and O–H groups in total. The molecular formula is C18H22P2. The van der Waals surface area contributed by atoms with Crippen molar-refractivity contribution in [3.8, 4) is 0 Å². The Morgan fingerprint density at radius 1 is 0.750 bits per heavy atom. The molecule has 0 saturated heterocycles. The molecule has 0 heterocycles. The Kier molecular flexibility index (Phi) is 4.59. The Labute approximate surface area is 124 Å². The van der Waals surface area contributed by atoms with Crippen molar-refractivity contribution in [1.82, 2.24) is 0 Å². The normalized spacial score (nSPS) is 13.2. The van der Waals surface area contributed by atoms with E-state index in [9.17, 15) is 0 Å². The number of rotatable bonds is 6. The summed E-state index contributed by atoms with van der Waals surface area (Å²) in [4.78, 5) is 0. The van der Waals surface area contributed by atoms with Crippen molar-refractivity contribution in [2.24, 2.45) is 0 Å². The molecule has 0 nitrogen and oxygen atoms in total. The number of benzene rings is 2. The number of hydrogen-bond donors (Lipinski definition) is 0. The van der Waals surface area contributed by atoms with Gasteiger partial charge in [0.2, 0.25) is 0 Å². The maximum atomic E-state index is 4.01. The molecule has 2 aromatic carbocycles. The third kappa shape index (κ3) is 2.51. The third-order valence-electron chi connectivity index (χ3n) is 3.89. The molecule has 0 aromatic heterocycles. The monoisotopic (exact) mass is 300 g/mol. The molecule has 20 heavy (non-hydrogen) atoms. The molecule has 0 aliphatic carbocycles. The summed E-state index contributed by atoms with van der Waals surface area (Å²) in [6.07, 6.45) is 3.67. The Hall–Kier alpha value is -1.22. The Morgan fingerprint density at radius 3 is 1.40 bits per heavy atom. The number of allylic oxidation sites excluding steroid dienone is 2. The van der Waals surface area contributed by atoms with Crippen LogP contribution in [0.2, 0.25) is 0 Å². The van der Waals surface area contributed by atoms with Gasteiger partial charge in [0.25, 0.3) is 0 Å². The van der Waals surface area contributed by atoms with E-state index in [2.05, 4.69) is 82.7 Å². The van der Waals surface area contributed by atoms with Crippen molar-refractivity contribution in [1.29, 1.82) is 0 Å². The van der Waals surface area contributed by atoms with E-state index in [1.165, 1.54) is 10.6 Å². The predicted octanol–water partition coefficient (Wildman–Crippen LogP) is 4.35. The van der Waals surface area contributed by atoms with E-state index in [1.807, 2.05) is 12.2 Å². The SMILES string of the molecule is C=CCP(P)(CC=C)(c1ccccc1)c1ccccc1. The quantitative estimate of drug-likeness (QED) is 0.549. The van der Waals surface area contributed by atoms with Crippen LogP contribution in [0.3, 0.4) is 0 Å². The van der Waals surface area contributed by atoms with E-state index in [-0.39, 0.29) is 0 Å². The molecule has 0 aliphatic heterocycles. The summed E-state index contributed by atoms with van der Waals surface area (Å²) >= 11 is 0. The van der Waals surface area contributed by atoms with Crippen molar-refractivity contribution >= 4 is 25.8 Å². The summed E-state index contributed by atoms with van der Waals surface area (Å²) in [6.45, 7) is 8.02. The van der Waals surface area contributed by atoms with E-state index in [1.54, 1.807) is 0 Å².